The second-order valence-electron chi connectivity index (χ2n) is 6.17. The molecule has 26 heavy (non-hydrogen) atoms. The minimum Gasteiger partial charge on any atom is -0.481 e. The van der Waals surface area contributed by atoms with Gasteiger partial charge in [-0.2, -0.15) is 0 Å². The van der Waals surface area contributed by atoms with Crippen molar-refractivity contribution in [3.05, 3.63) is 58.3 Å². The van der Waals surface area contributed by atoms with Crippen LogP contribution in [0.1, 0.15) is 5.56 Å². The fourth-order valence-corrected chi connectivity index (χ4v) is 2.85. The molecule has 1 heterocycles. The van der Waals surface area contributed by atoms with E-state index in [-0.39, 0.29) is 30.1 Å². The number of rotatable bonds is 5. The van der Waals surface area contributed by atoms with E-state index >= 15 is 0 Å². The number of carbonyl (C=O) groups is 2. The van der Waals surface area contributed by atoms with Gasteiger partial charge in [0.05, 0.1) is 5.92 Å². The second kappa shape index (κ2) is 7.86. The molecular formula is C19H18BrFN2O3. The standard InChI is InChI=1S/C19H18BrFN2O3/c1-12-8-14(6-7-15(12)20)22-19(25)13-9-23(10-13)18(24)11-26-17-5-3-2-4-16(17)21/h2-8,13H,9-11H2,1H3,(H,22,25). The first-order valence-corrected chi connectivity index (χ1v) is 8.95. The molecule has 1 aliphatic heterocycles. The van der Waals surface area contributed by atoms with E-state index in [0.29, 0.717) is 13.1 Å². The number of anilines is 1. The van der Waals surface area contributed by atoms with Crippen molar-refractivity contribution >= 4 is 33.4 Å². The van der Waals surface area contributed by atoms with Crippen molar-refractivity contribution in [3.63, 3.8) is 0 Å². The summed E-state index contributed by atoms with van der Waals surface area (Å²) in [6.45, 7) is 2.36. The molecule has 0 atom stereocenters. The quantitative estimate of drug-likeness (QED) is 0.806. The van der Waals surface area contributed by atoms with Crippen LogP contribution in [-0.4, -0.2) is 36.4 Å². The molecule has 0 spiro atoms. The summed E-state index contributed by atoms with van der Waals surface area (Å²) in [7, 11) is 0. The molecule has 0 saturated carbocycles. The lowest BCUT2D eigenvalue weighted by atomic mass is 9.99. The number of aryl methyl sites for hydroxylation is 1. The van der Waals surface area contributed by atoms with Crippen LogP contribution in [0.15, 0.2) is 46.9 Å². The van der Waals surface area contributed by atoms with Crippen molar-refractivity contribution in [1.29, 1.82) is 0 Å². The molecule has 1 saturated heterocycles. The van der Waals surface area contributed by atoms with Crippen molar-refractivity contribution in [2.24, 2.45) is 5.92 Å². The van der Waals surface area contributed by atoms with Crippen molar-refractivity contribution < 1.29 is 18.7 Å². The van der Waals surface area contributed by atoms with E-state index < -0.39 is 5.82 Å². The minimum absolute atomic E-state index is 0.0428. The third-order valence-corrected chi connectivity index (χ3v) is 5.11. The molecule has 5 nitrogen and oxygen atoms in total. The van der Waals surface area contributed by atoms with Gasteiger partial charge < -0.3 is 15.0 Å². The molecule has 0 radical (unpaired) electrons. The van der Waals surface area contributed by atoms with Gasteiger partial charge in [0, 0.05) is 23.2 Å². The Bertz CT molecular complexity index is 837. The highest BCUT2D eigenvalue weighted by Crippen LogP contribution is 2.23. The van der Waals surface area contributed by atoms with Crippen molar-refractivity contribution in [3.8, 4) is 5.75 Å². The predicted octanol–water partition coefficient (Wildman–Crippen LogP) is 3.37. The van der Waals surface area contributed by atoms with Gasteiger partial charge in [-0.3, -0.25) is 9.59 Å². The van der Waals surface area contributed by atoms with Gasteiger partial charge in [-0.05, 0) is 42.8 Å². The lowest BCUT2D eigenvalue weighted by molar-refractivity contribution is -0.143. The smallest absolute Gasteiger partial charge is 0.260 e. The molecule has 1 fully saturated rings. The Hall–Kier alpha value is -2.41. The van der Waals surface area contributed by atoms with Gasteiger partial charge in [0.15, 0.2) is 18.2 Å². The fourth-order valence-electron chi connectivity index (χ4n) is 2.61. The largest absolute Gasteiger partial charge is 0.481 e. The summed E-state index contributed by atoms with van der Waals surface area (Å²) in [6.07, 6.45) is 0. The summed E-state index contributed by atoms with van der Waals surface area (Å²) >= 11 is 3.42. The molecule has 0 aliphatic carbocycles. The van der Waals surface area contributed by atoms with Crippen LogP contribution in [-0.2, 0) is 9.59 Å². The highest BCUT2D eigenvalue weighted by molar-refractivity contribution is 9.10. The maximum atomic E-state index is 13.5. The molecule has 1 aliphatic rings. The number of amides is 2. The highest BCUT2D eigenvalue weighted by atomic mass is 79.9. The Morgan fingerprint density at radius 2 is 2.00 bits per heavy atom. The summed E-state index contributed by atoms with van der Waals surface area (Å²) in [5, 5.41) is 2.86. The Morgan fingerprint density at radius 3 is 2.69 bits per heavy atom. The predicted molar refractivity (Wildman–Crippen MR) is 99.5 cm³/mol. The number of nitrogens with zero attached hydrogens (tertiary/aromatic N) is 1. The average Bonchev–Trinajstić information content (AvgIpc) is 2.56. The number of carbonyl (C=O) groups excluding carboxylic acids is 2. The van der Waals surface area contributed by atoms with E-state index in [4.69, 9.17) is 4.74 Å². The Balaban J connectivity index is 1.45. The summed E-state index contributed by atoms with van der Waals surface area (Å²) in [5.41, 5.74) is 1.75. The van der Waals surface area contributed by atoms with E-state index in [2.05, 4.69) is 21.2 Å². The van der Waals surface area contributed by atoms with Gasteiger partial charge >= 0.3 is 0 Å². The van der Waals surface area contributed by atoms with Crippen LogP contribution in [0.4, 0.5) is 10.1 Å². The number of hydrogen-bond donors (Lipinski definition) is 1. The first kappa shape index (κ1) is 18.4. The molecule has 136 valence electrons. The van der Waals surface area contributed by atoms with Crippen LogP contribution in [0.5, 0.6) is 5.75 Å². The number of para-hydroxylation sites is 1. The van der Waals surface area contributed by atoms with Crippen molar-refractivity contribution in [1.82, 2.24) is 4.90 Å². The monoisotopic (exact) mass is 420 g/mol. The third-order valence-electron chi connectivity index (χ3n) is 4.22. The molecule has 2 aromatic carbocycles. The molecule has 3 rings (SSSR count). The maximum Gasteiger partial charge on any atom is 0.260 e. The van der Waals surface area contributed by atoms with E-state index in [0.717, 1.165) is 15.7 Å². The van der Waals surface area contributed by atoms with Gasteiger partial charge in [0.1, 0.15) is 0 Å². The van der Waals surface area contributed by atoms with E-state index in [9.17, 15) is 14.0 Å². The molecule has 0 aromatic heterocycles. The van der Waals surface area contributed by atoms with Crippen LogP contribution < -0.4 is 10.1 Å². The molecule has 1 N–H and O–H groups in total. The molecule has 2 aromatic rings. The number of hydrogen-bond acceptors (Lipinski definition) is 3. The zero-order valence-electron chi connectivity index (χ0n) is 14.2. The Morgan fingerprint density at radius 1 is 1.27 bits per heavy atom. The van der Waals surface area contributed by atoms with Crippen LogP contribution in [0, 0.1) is 18.7 Å². The maximum absolute atomic E-state index is 13.5. The van der Waals surface area contributed by atoms with Crippen molar-refractivity contribution in [2.45, 2.75) is 6.92 Å². The SMILES string of the molecule is Cc1cc(NC(=O)C2CN(C(=O)COc3ccccc3F)C2)ccc1Br. The zero-order valence-corrected chi connectivity index (χ0v) is 15.8. The number of nitrogens with one attached hydrogen (secondary N) is 1. The van der Waals surface area contributed by atoms with Crippen LogP contribution in [0.3, 0.4) is 0 Å². The van der Waals surface area contributed by atoms with Crippen LogP contribution >= 0.6 is 15.9 Å². The van der Waals surface area contributed by atoms with E-state index in [1.54, 1.807) is 12.1 Å². The first-order chi connectivity index (χ1) is 12.4. The third kappa shape index (κ3) is 4.22. The van der Waals surface area contributed by atoms with Gasteiger partial charge in [-0.15, -0.1) is 0 Å². The lowest BCUT2D eigenvalue weighted by Crippen LogP contribution is -2.55. The van der Waals surface area contributed by atoms with Gasteiger partial charge in [0.25, 0.3) is 5.91 Å². The number of benzene rings is 2. The van der Waals surface area contributed by atoms with Crippen LogP contribution in [0.2, 0.25) is 0 Å². The van der Waals surface area contributed by atoms with Crippen molar-refractivity contribution in [2.75, 3.05) is 25.0 Å². The summed E-state index contributed by atoms with van der Waals surface area (Å²) in [5.74, 6) is -1.11. The second-order valence-corrected chi connectivity index (χ2v) is 7.02. The average molecular weight is 421 g/mol. The fraction of sp³-hybridized carbons (Fsp3) is 0.263. The molecule has 7 heteroatoms. The van der Waals surface area contributed by atoms with Gasteiger partial charge in [-0.1, -0.05) is 28.1 Å². The van der Waals surface area contributed by atoms with E-state index in [1.165, 1.54) is 17.0 Å². The number of likely N-dealkylation sites (tertiary alicyclic amines) is 1. The number of halogens is 2. The summed E-state index contributed by atoms with van der Waals surface area (Å²) in [4.78, 5) is 25.8. The topological polar surface area (TPSA) is 58.6 Å². The first-order valence-electron chi connectivity index (χ1n) is 8.16. The summed E-state index contributed by atoms with van der Waals surface area (Å²) < 4.78 is 19.6. The lowest BCUT2D eigenvalue weighted by Gasteiger charge is -2.38. The minimum atomic E-state index is -0.508. The van der Waals surface area contributed by atoms with Gasteiger partial charge in [0.2, 0.25) is 5.91 Å². The molecule has 0 unspecified atom stereocenters. The zero-order chi connectivity index (χ0) is 18.7. The van der Waals surface area contributed by atoms with E-state index in [1.807, 2.05) is 25.1 Å². The van der Waals surface area contributed by atoms with Crippen LogP contribution in [0.25, 0.3) is 0 Å². The highest BCUT2D eigenvalue weighted by Gasteiger charge is 2.35. The molecule has 2 amide bonds. The Labute approximate surface area is 159 Å². The Kier molecular flexibility index (Phi) is 5.56. The molecular weight excluding hydrogens is 403 g/mol. The van der Waals surface area contributed by atoms with Gasteiger partial charge in [-0.25, -0.2) is 4.39 Å². The number of ether oxygens (including phenoxy) is 1. The molecule has 0 bridgehead atoms. The summed E-state index contributed by atoms with van der Waals surface area (Å²) in [6, 6.07) is 11.5. The normalized spacial score (nSPS) is 13.9.